The zero-order chi connectivity index (χ0) is 48.6. The largest absolute Gasteiger partial charge is 0.505 e. The van der Waals surface area contributed by atoms with E-state index in [1.807, 2.05) is 0 Å². The van der Waals surface area contributed by atoms with Gasteiger partial charge in [-0.1, -0.05) is 0 Å². The Kier molecular flexibility index (Phi) is 14.4. The molecule has 6 rings (SSSR count). The summed E-state index contributed by atoms with van der Waals surface area (Å²) in [5.74, 6) is -7.02. The van der Waals surface area contributed by atoms with Crippen LogP contribution in [0.25, 0.3) is 16.5 Å². The number of phenols is 1. The van der Waals surface area contributed by atoms with Gasteiger partial charge >= 0.3 is 23.9 Å². The number of aliphatic carboxylic acids is 1. The number of hydrogen-bond acceptors (Lipinski definition) is 19. The van der Waals surface area contributed by atoms with Gasteiger partial charge < -0.3 is 50.0 Å². The average molecular weight is 945 g/mol. The molecule has 0 saturated heterocycles. The van der Waals surface area contributed by atoms with E-state index in [0.29, 0.717) is 0 Å². The average Bonchev–Trinajstić information content (AvgIpc) is 3.63. The van der Waals surface area contributed by atoms with Crippen molar-refractivity contribution in [3.8, 4) is 28.7 Å². The number of aliphatic hydroxyl groups excluding tert-OH is 2. The first-order valence-corrected chi connectivity index (χ1v) is 20.2. The lowest BCUT2D eigenvalue weighted by Gasteiger charge is -2.13. The minimum Gasteiger partial charge on any atom is -0.505 e. The molecule has 0 unspecified atom stereocenters. The summed E-state index contributed by atoms with van der Waals surface area (Å²) in [6.45, 7) is -2.57. The number of ether oxygens (including phenoxy) is 3. The molecule has 67 heavy (non-hydrogen) atoms. The maximum Gasteiger partial charge on any atom is 0.356 e. The zero-order valence-corrected chi connectivity index (χ0v) is 34.6. The Morgan fingerprint density at radius 1 is 0.627 bits per heavy atom. The van der Waals surface area contributed by atoms with E-state index in [2.05, 4.69) is 35.8 Å². The third kappa shape index (κ3) is 11.1. The van der Waals surface area contributed by atoms with Crippen LogP contribution in [0.2, 0.25) is 0 Å². The highest BCUT2D eigenvalue weighted by Gasteiger charge is 2.24. The lowest BCUT2D eigenvalue weighted by molar-refractivity contribution is -0.139. The van der Waals surface area contributed by atoms with E-state index >= 15 is 0 Å². The molecular formula is C40H32N8O18S. The number of carboxylic acids is 4. The number of benzene rings is 5. The molecule has 9 N–H and O–H groups in total. The lowest BCUT2D eigenvalue weighted by atomic mass is 10.1. The monoisotopic (exact) mass is 944 g/mol. The topological polar surface area (TPSA) is 404 Å². The van der Waals surface area contributed by atoms with Crippen molar-refractivity contribution >= 4 is 78.9 Å². The molecular weight excluding hydrogens is 913 g/mol. The first-order chi connectivity index (χ1) is 31.9. The Morgan fingerprint density at radius 3 is 1.76 bits per heavy atom. The van der Waals surface area contributed by atoms with Crippen molar-refractivity contribution in [1.82, 2.24) is 9.78 Å². The van der Waals surface area contributed by atoms with Crippen LogP contribution in [0.5, 0.6) is 23.0 Å². The summed E-state index contributed by atoms with van der Waals surface area (Å²) in [6, 6.07) is 15.1. The molecule has 6 aromatic rings. The third-order valence-corrected chi connectivity index (χ3v) is 9.72. The van der Waals surface area contributed by atoms with Gasteiger partial charge in [0.2, 0.25) is 0 Å². The van der Waals surface area contributed by atoms with Crippen molar-refractivity contribution in [1.29, 1.82) is 0 Å². The normalized spacial score (nSPS) is 11.7. The van der Waals surface area contributed by atoms with Gasteiger partial charge in [-0.2, -0.15) is 13.5 Å². The number of H-pyrrole nitrogens is 1. The number of nitrogens with one attached hydrogen (secondary N) is 1. The number of fused-ring (bicyclic) bond motifs is 1. The molecule has 5 aromatic carbocycles. The Labute approximate surface area is 373 Å². The number of aromatic amines is 1. The summed E-state index contributed by atoms with van der Waals surface area (Å²) in [5, 5.41) is 93.7. The number of carboxylic acid groups (broad SMARTS) is 4. The smallest absolute Gasteiger partial charge is 0.356 e. The Hall–Kier alpha value is -8.92. The molecule has 0 spiro atoms. The number of aliphatic hydroxyl groups is 2. The molecule has 0 saturated carbocycles. The zero-order valence-electron chi connectivity index (χ0n) is 33.7. The van der Waals surface area contributed by atoms with Crippen LogP contribution in [0.4, 0.5) is 34.1 Å². The molecule has 0 amide bonds. The Morgan fingerprint density at radius 2 is 1.19 bits per heavy atom. The van der Waals surface area contributed by atoms with Crippen molar-refractivity contribution in [2.75, 3.05) is 33.0 Å². The predicted octanol–water partition coefficient (Wildman–Crippen LogP) is 5.82. The highest BCUT2D eigenvalue weighted by Crippen LogP contribution is 2.45. The van der Waals surface area contributed by atoms with Gasteiger partial charge in [0.05, 0.1) is 35.7 Å². The number of aromatic carboxylic acids is 3. The predicted molar refractivity (Wildman–Crippen MR) is 226 cm³/mol. The molecule has 27 heteroatoms. The fourth-order valence-electron chi connectivity index (χ4n) is 5.84. The number of aromatic hydroxyl groups is 1. The van der Waals surface area contributed by atoms with Gasteiger partial charge in [-0.25, -0.2) is 23.9 Å². The van der Waals surface area contributed by atoms with E-state index < -0.39 is 87.1 Å². The first-order valence-electron chi connectivity index (χ1n) is 18.7. The number of phenolic OH excluding ortho intramolecular Hbond substituents is 1. The van der Waals surface area contributed by atoms with Gasteiger partial charge in [-0.05, 0) is 72.1 Å². The Bertz CT molecular complexity index is 3200. The van der Waals surface area contributed by atoms with Crippen LogP contribution in [0.15, 0.2) is 119 Å². The summed E-state index contributed by atoms with van der Waals surface area (Å²) in [4.78, 5) is 58.2. The van der Waals surface area contributed by atoms with Crippen LogP contribution < -0.4 is 19.8 Å². The summed E-state index contributed by atoms with van der Waals surface area (Å²) < 4.78 is 52.9. The molecule has 0 bridgehead atoms. The van der Waals surface area contributed by atoms with Crippen LogP contribution in [0.1, 0.15) is 31.2 Å². The van der Waals surface area contributed by atoms with Gasteiger partial charge in [0.1, 0.15) is 58.1 Å². The first kappa shape index (κ1) is 47.6. The molecule has 0 fully saturated rings. The summed E-state index contributed by atoms with van der Waals surface area (Å²) >= 11 is 0. The second-order valence-electron chi connectivity index (χ2n) is 13.3. The quantitative estimate of drug-likeness (QED) is 0.0321. The van der Waals surface area contributed by atoms with Gasteiger partial charge in [0, 0.05) is 17.5 Å². The van der Waals surface area contributed by atoms with Crippen LogP contribution in [-0.4, -0.2) is 115 Å². The summed E-state index contributed by atoms with van der Waals surface area (Å²) in [7, 11) is -5.21. The SMILES string of the molecule is O=C(O)COc1cc(C(=O)O)ccc1N=Nc1cc(OCCO)c(N=Nc2c(S(=O)(=O)O)cc3cc(N=Nc4c(C(=O)O)[nH]n(-c5ccc(C(=O)O)cc5)c4=O)ccc3c2O)cc1OCCO. The van der Waals surface area contributed by atoms with E-state index in [0.717, 1.165) is 28.9 Å². The number of aromatic nitrogens is 2. The van der Waals surface area contributed by atoms with Crippen LogP contribution >= 0.6 is 0 Å². The third-order valence-electron chi connectivity index (χ3n) is 8.85. The molecule has 0 aliphatic heterocycles. The van der Waals surface area contributed by atoms with Crippen molar-refractivity contribution in [3.63, 3.8) is 0 Å². The van der Waals surface area contributed by atoms with E-state index in [9.17, 15) is 67.6 Å². The number of nitrogens with zero attached hydrogens (tertiary/aromatic N) is 7. The summed E-state index contributed by atoms with van der Waals surface area (Å²) in [6.07, 6.45) is 0. The lowest BCUT2D eigenvalue weighted by Crippen LogP contribution is -2.14. The minimum atomic E-state index is -5.21. The minimum absolute atomic E-state index is 0.0690. The number of azo groups is 3. The van der Waals surface area contributed by atoms with E-state index in [4.69, 9.17) is 19.3 Å². The highest BCUT2D eigenvalue weighted by atomic mass is 32.2. The number of rotatable bonds is 20. The van der Waals surface area contributed by atoms with Gasteiger partial charge in [0.15, 0.2) is 23.7 Å². The van der Waals surface area contributed by atoms with Gasteiger partial charge in [-0.15, -0.1) is 25.6 Å². The fraction of sp³-hybridized carbons (Fsp3) is 0.125. The van der Waals surface area contributed by atoms with Crippen LogP contribution in [0, 0.1) is 0 Å². The molecule has 0 atom stereocenters. The number of hydrogen-bond donors (Lipinski definition) is 9. The van der Waals surface area contributed by atoms with Crippen LogP contribution in [-0.2, 0) is 14.9 Å². The maximum absolute atomic E-state index is 13.2. The standard InChI is InChI=1S/C40H32N8O18S/c49-9-11-64-29-17-27(30(65-12-10-50)16-26(29)43-42-25-8-3-20(39(57)58)14-28(25)66-18-32(51)52)44-45-33-31(67(61,62)63)15-21-13-22(4-7-24(21)36(33)53)41-46-34-35(40(59)60)47-48(37(34)54)23-5-1-19(2-6-23)38(55)56/h1-8,13-17,47,49-50,53H,9-12,18H2,(H,51,52)(H,55,56)(H,57,58)(H,59,60)(H,61,62,63). The van der Waals surface area contributed by atoms with Crippen LogP contribution in [0.3, 0.4) is 0 Å². The molecule has 0 aliphatic carbocycles. The van der Waals surface area contributed by atoms with E-state index in [-0.39, 0.29) is 80.8 Å². The molecule has 1 heterocycles. The van der Waals surface area contributed by atoms with Crippen molar-refractivity contribution in [2.45, 2.75) is 4.90 Å². The maximum atomic E-state index is 13.2. The fourth-order valence-corrected chi connectivity index (χ4v) is 6.50. The second-order valence-corrected chi connectivity index (χ2v) is 14.7. The molecule has 1 aromatic heterocycles. The second kappa shape index (κ2) is 20.3. The van der Waals surface area contributed by atoms with Gasteiger partial charge in [0.25, 0.3) is 15.7 Å². The number of carbonyl (C=O) groups is 4. The molecule has 346 valence electrons. The van der Waals surface area contributed by atoms with E-state index in [1.54, 1.807) is 0 Å². The molecule has 0 aliphatic rings. The van der Waals surface area contributed by atoms with Crippen molar-refractivity contribution in [3.05, 3.63) is 106 Å². The van der Waals surface area contributed by atoms with Gasteiger partial charge in [-0.3, -0.25) is 14.4 Å². The van der Waals surface area contributed by atoms with E-state index in [1.165, 1.54) is 54.6 Å². The summed E-state index contributed by atoms with van der Waals surface area (Å²) in [5.41, 5.74) is -4.02. The molecule has 0 radical (unpaired) electrons. The van der Waals surface area contributed by atoms with Crippen molar-refractivity contribution < 1.29 is 82.1 Å². The molecule has 26 nitrogen and oxygen atoms in total. The van der Waals surface area contributed by atoms with Crippen molar-refractivity contribution in [2.24, 2.45) is 30.7 Å². The highest BCUT2D eigenvalue weighted by molar-refractivity contribution is 7.86. The Balaban J connectivity index is 1.39.